The van der Waals surface area contributed by atoms with Crippen molar-refractivity contribution in [2.24, 2.45) is 0 Å². The van der Waals surface area contributed by atoms with Crippen LogP contribution in [-0.4, -0.2) is 0 Å². The van der Waals surface area contributed by atoms with Crippen molar-refractivity contribution in [3.63, 3.8) is 0 Å². The van der Waals surface area contributed by atoms with Crippen LogP contribution in [0.1, 0.15) is 27.1 Å². The van der Waals surface area contributed by atoms with Crippen LogP contribution >= 0.6 is 38.9 Å². The Hall–Kier alpha value is -0.830. The molecule has 0 aliphatic rings. The van der Waals surface area contributed by atoms with Gasteiger partial charge in [0.05, 0.1) is 4.83 Å². The van der Waals surface area contributed by atoms with E-state index >= 15 is 0 Å². The maximum absolute atomic E-state index is 6.20. The standard InChI is InChI=1S/C17H14BrClS/c1-10-8-15(19)11(2)7-13(10)17(18)14-9-20-16-6-4-3-5-12(14)16/h3-9,17H,1-2H3. The van der Waals surface area contributed by atoms with Crippen LogP contribution in [0.2, 0.25) is 5.02 Å². The van der Waals surface area contributed by atoms with Crippen molar-refractivity contribution >= 4 is 49.0 Å². The van der Waals surface area contributed by atoms with Gasteiger partial charge in [0.25, 0.3) is 0 Å². The van der Waals surface area contributed by atoms with Crippen LogP contribution in [0.25, 0.3) is 10.1 Å². The van der Waals surface area contributed by atoms with E-state index in [0.717, 1.165) is 10.6 Å². The minimum atomic E-state index is 0.203. The molecule has 3 heteroatoms. The molecular formula is C17H14BrClS. The molecule has 3 rings (SSSR count). The number of hydrogen-bond acceptors (Lipinski definition) is 1. The Labute approximate surface area is 136 Å². The van der Waals surface area contributed by atoms with Gasteiger partial charge in [0.2, 0.25) is 0 Å². The summed E-state index contributed by atoms with van der Waals surface area (Å²) >= 11 is 11.9. The van der Waals surface area contributed by atoms with Crippen LogP contribution in [0, 0.1) is 13.8 Å². The molecule has 0 saturated carbocycles. The minimum absolute atomic E-state index is 0.203. The van der Waals surface area contributed by atoms with Crippen molar-refractivity contribution in [1.29, 1.82) is 0 Å². The fourth-order valence-electron chi connectivity index (χ4n) is 2.44. The molecule has 1 aromatic heterocycles. The van der Waals surface area contributed by atoms with E-state index in [1.165, 1.54) is 26.8 Å². The third kappa shape index (κ3) is 2.41. The van der Waals surface area contributed by atoms with E-state index in [1.54, 1.807) is 11.3 Å². The molecule has 0 bridgehead atoms. The monoisotopic (exact) mass is 364 g/mol. The lowest BCUT2D eigenvalue weighted by atomic mass is 9.98. The Kier molecular flexibility index (Phi) is 3.89. The summed E-state index contributed by atoms with van der Waals surface area (Å²) in [5.74, 6) is 0. The van der Waals surface area contributed by atoms with Gasteiger partial charge in [-0.1, -0.05) is 51.8 Å². The van der Waals surface area contributed by atoms with Crippen molar-refractivity contribution in [2.75, 3.05) is 0 Å². The zero-order valence-corrected chi connectivity index (χ0v) is 14.4. The molecule has 1 unspecified atom stereocenters. The summed E-state index contributed by atoms with van der Waals surface area (Å²) < 4.78 is 1.33. The fourth-order valence-corrected chi connectivity index (χ4v) is 4.69. The van der Waals surface area contributed by atoms with E-state index in [2.05, 4.69) is 71.6 Å². The second-order valence-electron chi connectivity index (χ2n) is 5.01. The van der Waals surface area contributed by atoms with Gasteiger partial charge in [0.15, 0.2) is 0 Å². The lowest BCUT2D eigenvalue weighted by Crippen LogP contribution is -1.96. The second kappa shape index (κ2) is 5.51. The highest BCUT2D eigenvalue weighted by Crippen LogP contribution is 2.40. The predicted molar refractivity (Wildman–Crippen MR) is 93.5 cm³/mol. The molecule has 2 aromatic carbocycles. The van der Waals surface area contributed by atoms with E-state index in [9.17, 15) is 0 Å². The molecule has 0 fully saturated rings. The van der Waals surface area contributed by atoms with Crippen molar-refractivity contribution in [3.8, 4) is 0 Å². The van der Waals surface area contributed by atoms with Crippen LogP contribution in [0.4, 0.5) is 0 Å². The number of halogens is 2. The van der Waals surface area contributed by atoms with Gasteiger partial charge in [-0.2, -0.15) is 0 Å². The molecule has 0 amide bonds. The van der Waals surface area contributed by atoms with Gasteiger partial charge < -0.3 is 0 Å². The van der Waals surface area contributed by atoms with E-state index in [1.807, 2.05) is 0 Å². The molecule has 20 heavy (non-hydrogen) atoms. The predicted octanol–water partition coefficient (Wildman–Crippen LogP) is 6.66. The SMILES string of the molecule is Cc1cc(C(Br)c2csc3ccccc23)c(C)cc1Cl. The molecule has 102 valence electrons. The van der Waals surface area contributed by atoms with Gasteiger partial charge in [0.1, 0.15) is 0 Å². The highest BCUT2D eigenvalue weighted by atomic mass is 79.9. The van der Waals surface area contributed by atoms with Crippen molar-refractivity contribution in [2.45, 2.75) is 18.7 Å². The first kappa shape index (κ1) is 14.1. The highest BCUT2D eigenvalue weighted by molar-refractivity contribution is 9.09. The highest BCUT2D eigenvalue weighted by Gasteiger charge is 2.17. The first-order valence-electron chi connectivity index (χ1n) is 6.45. The minimum Gasteiger partial charge on any atom is -0.143 e. The zero-order valence-electron chi connectivity index (χ0n) is 11.3. The molecule has 0 aliphatic carbocycles. The fraction of sp³-hybridized carbons (Fsp3) is 0.176. The summed E-state index contributed by atoms with van der Waals surface area (Å²) in [5.41, 5.74) is 4.96. The van der Waals surface area contributed by atoms with E-state index in [4.69, 9.17) is 11.6 Å². The van der Waals surface area contributed by atoms with Crippen LogP contribution in [0.5, 0.6) is 0 Å². The second-order valence-corrected chi connectivity index (χ2v) is 7.24. The summed E-state index contributed by atoms with van der Waals surface area (Å²) in [6.07, 6.45) is 0. The quantitative estimate of drug-likeness (QED) is 0.446. The first-order chi connectivity index (χ1) is 9.58. The van der Waals surface area contributed by atoms with Crippen LogP contribution in [0.3, 0.4) is 0 Å². The number of rotatable bonds is 2. The van der Waals surface area contributed by atoms with E-state index in [-0.39, 0.29) is 4.83 Å². The topological polar surface area (TPSA) is 0 Å². The third-order valence-electron chi connectivity index (χ3n) is 3.60. The Morgan fingerprint density at radius 1 is 1.05 bits per heavy atom. The van der Waals surface area contributed by atoms with Crippen molar-refractivity contribution in [3.05, 3.63) is 69.1 Å². The van der Waals surface area contributed by atoms with E-state index < -0.39 is 0 Å². The molecular weight excluding hydrogens is 352 g/mol. The molecule has 1 heterocycles. The number of alkyl halides is 1. The molecule has 0 nitrogen and oxygen atoms in total. The number of thiophene rings is 1. The van der Waals surface area contributed by atoms with Crippen LogP contribution < -0.4 is 0 Å². The van der Waals surface area contributed by atoms with Gasteiger partial charge in [0, 0.05) is 9.72 Å². The number of hydrogen-bond donors (Lipinski definition) is 0. The average Bonchev–Trinajstić information content (AvgIpc) is 2.86. The van der Waals surface area contributed by atoms with Gasteiger partial charge in [-0.25, -0.2) is 0 Å². The van der Waals surface area contributed by atoms with Gasteiger partial charge in [-0.3, -0.25) is 0 Å². The molecule has 0 N–H and O–H groups in total. The molecule has 0 aliphatic heterocycles. The lowest BCUT2D eigenvalue weighted by Gasteiger charge is -2.15. The molecule has 1 atom stereocenters. The maximum atomic E-state index is 6.20. The van der Waals surface area contributed by atoms with Gasteiger partial charge >= 0.3 is 0 Å². The smallest absolute Gasteiger partial charge is 0.0661 e. The zero-order chi connectivity index (χ0) is 14.3. The van der Waals surface area contributed by atoms with Gasteiger partial charge in [-0.05, 0) is 59.0 Å². The van der Waals surface area contributed by atoms with Crippen LogP contribution in [0.15, 0.2) is 41.8 Å². The lowest BCUT2D eigenvalue weighted by molar-refractivity contribution is 1.15. The maximum Gasteiger partial charge on any atom is 0.0661 e. The van der Waals surface area contributed by atoms with E-state index in [0.29, 0.717) is 0 Å². The van der Waals surface area contributed by atoms with Gasteiger partial charge in [-0.15, -0.1) is 11.3 Å². The molecule has 3 aromatic rings. The number of aryl methyl sites for hydroxylation is 2. The Morgan fingerprint density at radius 2 is 1.80 bits per heavy atom. The molecule has 0 saturated heterocycles. The Balaban J connectivity index is 2.13. The summed E-state index contributed by atoms with van der Waals surface area (Å²) in [6.45, 7) is 4.17. The summed E-state index contributed by atoms with van der Waals surface area (Å²) in [5, 5.41) is 4.40. The summed E-state index contributed by atoms with van der Waals surface area (Å²) in [4.78, 5) is 0.203. The van der Waals surface area contributed by atoms with Crippen LogP contribution in [-0.2, 0) is 0 Å². The summed E-state index contributed by atoms with van der Waals surface area (Å²) in [7, 11) is 0. The number of benzene rings is 2. The largest absolute Gasteiger partial charge is 0.143 e. The Morgan fingerprint density at radius 3 is 2.60 bits per heavy atom. The summed E-state index contributed by atoms with van der Waals surface area (Å²) in [6, 6.07) is 12.8. The molecule has 0 radical (unpaired) electrons. The first-order valence-corrected chi connectivity index (χ1v) is 8.62. The third-order valence-corrected chi connectivity index (χ3v) is 5.98. The average molecular weight is 366 g/mol. The van der Waals surface area contributed by atoms with Crippen molar-refractivity contribution < 1.29 is 0 Å². The van der Waals surface area contributed by atoms with Crippen molar-refractivity contribution in [1.82, 2.24) is 0 Å². The number of fused-ring (bicyclic) bond motifs is 1. The normalized spacial score (nSPS) is 12.8. The Bertz CT molecular complexity index is 776. The molecule has 0 spiro atoms.